The molecule has 0 N–H and O–H groups in total. The van der Waals surface area contributed by atoms with Gasteiger partial charge in [-0.15, -0.1) is 0 Å². The molecule has 0 saturated carbocycles. The van der Waals surface area contributed by atoms with Gasteiger partial charge in [0, 0.05) is 18.3 Å². The van der Waals surface area contributed by atoms with Crippen molar-refractivity contribution in [2.75, 3.05) is 18.1 Å². The first-order valence-electron chi connectivity index (χ1n) is 6.81. The molecule has 0 radical (unpaired) electrons. The fourth-order valence-corrected chi connectivity index (χ4v) is 5.01. The molecule has 2 nitrogen and oxygen atoms in total. The van der Waals surface area contributed by atoms with Gasteiger partial charge >= 0.3 is 0 Å². The molecule has 2 unspecified atom stereocenters. The number of hydrogen-bond donors (Lipinski definition) is 0. The number of thioether (sulfide) groups is 1. The van der Waals surface area contributed by atoms with Gasteiger partial charge in [-0.25, -0.2) is 0 Å². The first-order valence-corrected chi connectivity index (χ1v) is 8.72. The monoisotopic (exact) mass is 330 g/mol. The highest BCUT2D eigenvalue weighted by atomic mass is 35.5. The van der Waals surface area contributed by atoms with Crippen LogP contribution in [-0.2, 0) is 4.74 Å². The van der Waals surface area contributed by atoms with E-state index >= 15 is 0 Å². The third kappa shape index (κ3) is 2.74. The van der Waals surface area contributed by atoms with Crippen LogP contribution in [0, 0.1) is 5.92 Å². The Morgan fingerprint density at radius 1 is 1.35 bits per heavy atom. The Kier molecular flexibility index (Phi) is 4.32. The fraction of sp³-hybridized carbons (Fsp3) is 0.533. The molecule has 0 aromatic heterocycles. The summed E-state index contributed by atoms with van der Waals surface area (Å²) >= 11 is 14.2. The predicted octanol–water partition coefficient (Wildman–Crippen LogP) is 4.48. The molecule has 5 heteroatoms. The SMILES string of the molecule is O=C(c1c(Cl)cccc1Cl)C1CCOC2(CCSC2)C1. The summed E-state index contributed by atoms with van der Waals surface area (Å²) in [6.45, 7) is 0.652. The second-order valence-electron chi connectivity index (χ2n) is 5.48. The van der Waals surface area contributed by atoms with Crippen molar-refractivity contribution < 1.29 is 9.53 Å². The number of carbonyl (C=O) groups excluding carboxylic acids is 1. The minimum absolute atomic E-state index is 0.0279. The highest BCUT2D eigenvalue weighted by molar-refractivity contribution is 7.99. The third-order valence-electron chi connectivity index (χ3n) is 4.14. The molecular weight excluding hydrogens is 315 g/mol. The molecule has 108 valence electrons. The molecule has 2 aliphatic heterocycles. The Morgan fingerprint density at radius 3 is 2.75 bits per heavy atom. The van der Waals surface area contributed by atoms with E-state index in [2.05, 4.69) is 0 Å². The van der Waals surface area contributed by atoms with Gasteiger partial charge in [-0.3, -0.25) is 4.79 Å². The molecule has 0 amide bonds. The zero-order valence-corrected chi connectivity index (χ0v) is 13.4. The van der Waals surface area contributed by atoms with Crippen LogP contribution >= 0.6 is 35.0 Å². The summed E-state index contributed by atoms with van der Waals surface area (Å²) in [6.07, 6.45) is 2.59. The van der Waals surface area contributed by atoms with Crippen molar-refractivity contribution in [3.8, 4) is 0 Å². The van der Waals surface area contributed by atoms with Gasteiger partial charge in [0.25, 0.3) is 0 Å². The van der Waals surface area contributed by atoms with Crippen LogP contribution in [-0.4, -0.2) is 29.5 Å². The number of ketones is 1. The summed E-state index contributed by atoms with van der Waals surface area (Å²) < 4.78 is 5.96. The highest BCUT2D eigenvalue weighted by Crippen LogP contribution is 2.42. The fourth-order valence-electron chi connectivity index (χ4n) is 3.05. The van der Waals surface area contributed by atoms with Gasteiger partial charge in [0.15, 0.2) is 5.78 Å². The number of rotatable bonds is 2. The van der Waals surface area contributed by atoms with Gasteiger partial charge in [0.2, 0.25) is 0 Å². The molecule has 2 aliphatic rings. The van der Waals surface area contributed by atoms with Gasteiger partial charge in [0.05, 0.1) is 21.2 Å². The van der Waals surface area contributed by atoms with Crippen LogP contribution in [0.15, 0.2) is 18.2 Å². The molecule has 3 rings (SSSR count). The summed E-state index contributed by atoms with van der Waals surface area (Å²) in [7, 11) is 0. The van der Waals surface area contributed by atoms with E-state index in [0.717, 1.165) is 30.8 Å². The molecule has 1 spiro atoms. The first kappa shape index (κ1) is 14.7. The lowest BCUT2D eigenvalue weighted by atomic mass is 9.81. The smallest absolute Gasteiger partial charge is 0.169 e. The molecule has 0 aliphatic carbocycles. The molecular formula is C15H16Cl2O2S. The van der Waals surface area contributed by atoms with Crippen LogP contribution in [0.25, 0.3) is 0 Å². The number of Topliss-reactive ketones (excluding diaryl/α,β-unsaturated/α-hetero) is 1. The lowest BCUT2D eigenvalue weighted by Gasteiger charge is -2.37. The summed E-state index contributed by atoms with van der Waals surface area (Å²) in [4.78, 5) is 12.8. The first-order chi connectivity index (χ1) is 9.61. The molecule has 2 fully saturated rings. The Balaban J connectivity index is 1.83. The Bertz CT molecular complexity index is 506. The molecule has 2 saturated heterocycles. The topological polar surface area (TPSA) is 26.3 Å². The van der Waals surface area contributed by atoms with E-state index in [1.807, 2.05) is 11.8 Å². The normalized spacial score (nSPS) is 29.8. The van der Waals surface area contributed by atoms with E-state index < -0.39 is 0 Å². The second-order valence-corrected chi connectivity index (χ2v) is 7.40. The van der Waals surface area contributed by atoms with Crippen LogP contribution < -0.4 is 0 Å². The minimum Gasteiger partial charge on any atom is -0.374 e. The van der Waals surface area contributed by atoms with Crippen molar-refractivity contribution in [3.63, 3.8) is 0 Å². The molecule has 0 bridgehead atoms. The van der Waals surface area contributed by atoms with E-state index in [0.29, 0.717) is 22.2 Å². The molecule has 1 aromatic carbocycles. The van der Waals surface area contributed by atoms with Crippen molar-refractivity contribution in [1.82, 2.24) is 0 Å². The number of halogens is 2. The summed E-state index contributed by atoms with van der Waals surface area (Å²) in [5, 5.41) is 0.896. The molecule has 1 aromatic rings. The van der Waals surface area contributed by atoms with E-state index in [-0.39, 0.29) is 17.3 Å². The van der Waals surface area contributed by atoms with Crippen molar-refractivity contribution in [2.24, 2.45) is 5.92 Å². The van der Waals surface area contributed by atoms with Crippen LogP contribution in [0.4, 0.5) is 0 Å². The van der Waals surface area contributed by atoms with Gasteiger partial charge in [-0.1, -0.05) is 29.3 Å². The zero-order valence-electron chi connectivity index (χ0n) is 11.0. The van der Waals surface area contributed by atoms with E-state index in [1.165, 1.54) is 0 Å². The predicted molar refractivity (Wildman–Crippen MR) is 84.1 cm³/mol. The summed E-state index contributed by atoms with van der Waals surface area (Å²) in [6, 6.07) is 5.21. The standard InChI is InChI=1S/C15H16Cl2O2S/c16-11-2-1-3-12(17)13(11)14(18)10-4-6-19-15(8-10)5-7-20-9-15/h1-3,10H,4-9H2. The zero-order chi connectivity index (χ0) is 14.2. The summed E-state index contributed by atoms with van der Waals surface area (Å²) in [5.74, 6) is 2.15. The Labute approximate surface area is 133 Å². The maximum Gasteiger partial charge on any atom is 0.169 e. The molecule has 2 heterocycles. The van der Waals surface area contributed by atoms with E-state index in [4.69, 9.17) is 27.9 Å². The van der Waals surface area contributed by atoms with Crippen molar-refractivity contribution in [3.05, 3.63) is 33.8 Å². The van der Waals surface area contributed by atoms with Crippen molar-refractivity contribution in [2.45, 2.75) is 24.9 Å². The summed E-state index contributed by atoms with van der Waals surface area (Å²) in [5.41, 5.74) is 0.375. The average molecular weight is 331 g/mol. The van der Waals surface area contributed by atoms with Gasteiger partial charge < -0.3 is 4.74 Å². The Morgan fingerprint density at radius 2 is 2.10 bits per heavy atom. The number of carbonyl (C=O) groups is 1. The van der Waals surface area contributed by atoms with Crippen LogP contribution in [0.5, 0.6) is 0 Å². The number of ether oxygens (including phenoxy) is 1. The van der Waals surface area contributed by atoms with E-state index in [9.17, 15) is 4.79 Å². The van der Waals surface area contributed by atoms with Gasteiger partial charge in [-0.05, 0) is 37.1 Å². The second kappa shape index (κ2) is 5.88. The Hall–Kier alpha value is -0.220. The van der Waals surface area contributed by atoms with Crippen LogP contribution in [0.2, 0.25) is 10.0 Å². The largest absolute Gasteiger partial charge is 0.374 e. The lowest BCUT2D eigenvalue weighted by Crippen LogP contribution is -2.42. The number of hydrogen-bond acceptors (Lipinski definition) is 3. The maximum atomic E-state index is 12.8. The quantitative estimate of drug-likeness (QED) is 0.748. The van der Waals surface area contributed by atoms with Crippen molar-refractivity contribution in [1.29, 1.82) is 0 Å². The maximum absolute atomic E-state index is 12.8. The van der Waals surface area contributed by atoms with Gasteiger partial charge in [-0.2, -0.15) is 11.8 Å². The number of benzene rings is 1. The highest BCUT2D eigenvalue weighted by Gasteiger charge is 2.43. The van der Waals surface area contributed by atoms with E-state index in [1.54, 1.807) is 18.2 Å². The third-order valence-corrected chi connectivity index (χ3v) is 5.99. The van der Waals surface area contributed by atoms with Crippen LogP contribution in [0.3, 0.4) is 0 Å². The minimum atomic E-state index is -0.100. The average Bonchev–Trinajstić information content (AvgIpc) is 2.86. The van der Waals surface area contributed by atoms with Crippen molar-refractivity contribution >= 4 is 40.7 Å². The van der Waals surface area contributed by atoms with Gasteiger partial charge in [0.1, 0.15) is 0 Å². The molecule has 20 heavy (non-hydrogen) atoms. The van der Waals surface area contributed by atoms with Crippen LogP contribution in [0.1, 0.15) is 29.6 Å². The molecule has 2 atom stereocenters. The lowest BCUT2D eigenvalue weighted by molar-refractivity contribution is -0.0734.